The van der Waals surface area contributed by atoms with E-state index in [1.54, 1.807) is 24.3 Å². The van der Waals surface area contributed by atoms with Crippen LogP contribution in [0.15, 0.2) is 48.5 Å². The van der Waals surface area contributed by atoms with Crippen molar-refractivity contribution in [3.8, 4) is 28.5 Å². The average Bonchev–Trinajstić information content (AvgIpc) is 2.57. The number of nitrogens with zero attached hydrogens (tertiary/aromatic N) is 2. The molecule has 3 aromatic rings. The Kier molecular flexibility index (Phi) is 4.20. The Bertz CT molecular complexity index is 960. The van der Waals surface area contributed by atoms with Crippen molar-refractivity contribution in [2.45, 2.75) is 6.92 Å². The minimum absolute atomic E-state index is 0.136. The molecule has 0 saturated carbocycles. The van der Waals surface area contributed by atoms with E-state index in [0.29, 0.717) is 21.8 Å². The number of halogens is 2. The van der Waals surface area contributed by atoms with E-state index in [4.69, 9.17) is 17.3 Å². The van der Waals surface area contributed by atoms with Gasteiger partial charge in [-0.05, 0) is 54.4 Å². The van der Waals surface area contributed by atoms with Gasteiger partial charge in [-0.2, -0.15) is 5.26 Å². The molecule has 3 rings (SSSR count). The Labute approximate surface area is 144 Å². The molecule has 0 aliphatic carbocycles. The van der Waals surface area contributed by atoms with Crippen molar-refractivity contribution in [1.29, 1.82) is 5.26 Å². The molecule has 0 aliphatic rings. The van der Waals surface area contributed by atoms with Crippen molar-refractivity contribution >= 4 is 17.4 Å². The van der Waals surface area contributed by atoms with E-state index in [1.807, 2.05) is 19.1 Å². The Balaban J connectivity index is 2.32. The second-order valence-corrected chi connectivity index (χ2v) is 5.79. The van der Waals surface area contributed by atoms with Gasteiger partial charge in [-0.15, -0.1) is 0 Å². The van der Waals surface area contributed by atoms with Crippen molar-refractivity contribution < 1.29 is 4.39 Å². The first-order valence-electron chi connectivity index (χ1n) is 7.23. The molecule has 24 heavy (non-hydrogen) atoms. The summed E-state index contributed by atoms with van der Waals surface area (Å²) in [7, 11) is 0. The van der Waals surface area contributed by atoms with Crippen LogP contribution in [0, 0.1) is 24.1 Å². The van der Waals surface area contributed by atoms with Gasteiger partial charge in [0.05, 0.1) is 5.69 Å². The van der Waals surface area contributed by atoms with Gasteiger partial charge in [-0.25, -0.2) is 9.37 Å². The quantitative estimate of drug-likeness (QED) is 0.718. The van der Waals surface area contributed by atoms with Crippen LogP contribution in [0.4, 0.5) is 10.2 Å². The molecule has 0 spiro atoms. The summed E-state index contributed by atoms with van der Waals surface area (Å²) >= 11 is 6.09. The van der Waals surface area contributed by atoms with Crippen molar-refractivity contribution in [3.63, 3.8) is 0 Å². The summed E-state index contributed by atoms with van der Waals surface area (Å²) < 4.78 is 13.2. The van der Waals surface area contributed by atoms with Crippen LogP contribution in [-0.4, -0.2) is 4.98 Å². The van der Waals surface area contributed by atoms with Crippen molar-refractivity contribution in [2.75, 3.05) is 5.73 Å². The van der Waals surface area contributed by atoms with Crippen LogP contribution in [0.5, 0.6) is 0 Å². The van der Waals surface area contributed by atoms with Crippen LogP contribution in [-0.2, 0) is 0 Å². The first kappa shape index (κ1) is 16.0. The second-order valence-electron chi connectivity index (χ2n) is 5.35. The Morgan fingerprint density at radius 1 is 1.12 bits per heavy atom. The minimum atomic E-state index is -0.326. The SMILES string of the molecule is Cc1c(-c2ccc(F)cc2)nc(N)c(C#N)c1-c1cccc(Cl)c1. The van der Waals surface area contributed by atoms with Crippen LogP contribution in [0.2, 0.25) is 5.02 Å². The van der Waals surface area contributed by atoms with Gasteiger partial charge >= 0.3 is 0 Å². The zero-order valence-electron chi connectivity index (χ0n) is 12.8. The number of anilines is 1. The lowest BCUT2D eigenvalue weighted by Gasteiger charge is -2.15. The zero-order chi connectivity index (χ0) is 17.3. The monoisotopic (exact) mass is 337 g/mol. The van der Waals surface area contributed by atoms with E-state index in [9.17, 15) is 9.65 Å². The van der Waals surface area contributed by atoms with Gasteiger partial charge in [-0.3, -0.25) is 0 Å². The number of benzene rings is 2. The predicted octanol–water partition coefficient (Wildman–Crippen LogP) is 4.97. The highest BCUT2D eigenvalue weighted by Gasteiger charge is 2.18. The fraction of sp³-hybridized carbons (Fsp3) is 0.0526. The molecule has 0 amide bonds. The molecule has 0 bridgehead atoms. The highest BCUT2D eigenvalue weighted by atomic mass is 35.5. The summed E-state index contributed by atoms with van der Waals surface area (Å²) in [6, 6.07) is 15.3. The van der Waals surface area contributed by atoms with E-state index >= 15 is 0 Å². The lowest BCUT2D eigenvalue weighted by molar-refractivity contribution is 0.628. The summed E-state index contributed by atoms with van der Waals surface area (Å²) in [5, 5.41) is 10.1. The molecule has 0 atom stereocenters. The topological polar surface area (TPSA) is 62.7 Å². The molecule has 0 radical (unpaired) electrons. The molecule has 5 heteroatoms. The third-order valence-corrected chi connectivity index (χ3v) is 4.05. The molecule has 0 fully saturated rings. The van der Waals surface area contributed by atoms with Gasteiger partial charge in [0.1, 0.15) is 23.3 Å². The molecular weight excluding hydrogens is 325 g/mol. The van der Waals surface area contributed by atoms with E-state index < -0.39 is 0 Å². The summed E-state index contributed by atoms with van der Waals surface area (Å²) in [6.07, 6.45) is 0. The molecule has 2 aromatic carbocycles. The van der Waals surface area contributed by atoms with Crippen LogP contribution in [0.3, 0.4) is 0 Å². The number of nitriles is 1. The highest BCUT2D eigenvalue weighted by molar-refractivity contribution is 6.30. The number of pyridine rings is 1. The van der Waals surface area contributed by atoms with Crippen molar-refractivity contribution in [3.05, 3.63) is 70.5 Å². The zero-order valence-corrected chi connectivity index (χ0v) is 13.6. The summed E-state index contributed by atoms with van der Waals surface area (Å²) in [6.45, 7) is 1.86. The highest BCUT2D eigenvalue weighted by Crippen LogP contribution is 2.36. The van der Waals surface area contributed by atoms with Gasteiger partial charge in [0.25, 0.3) is 0 Å². The predicted molar refractivity (Wildman–Crippen MR) is 93.9 cm³/mol. The molecular formula is C19H13ClFN3. The van der Waals surface area contributed by atoms with Gasteiger partial charge in [0, 0.05) is 16.1 Å². The average molecular weight is 338 g/mol. The fourth-order valence-electron chi connectivity index (χ4n) is 2.70. The normalized spacial score (nSPS) is 10.4. The maximum atomic E-state index is 13.2. The molecule has 3 nitrogen and oxygen atoms in total. The molecule has 1 heterocycles. The third kappa shape index (κ3) is 2.82. The third-order valence-electron chi connectivity index (χ3n) is 3.81. The fourth-order valence-corrected chi connectivity index (χ4v) is 2.89. The Hall–Kier alpha value is -2.90. The van der Waals surface area contributed by atoms with Crippen molar-refractivity contribution in [2.24, 2.45) is 0 Å². The summed E-state index contributed by atoms with van der Waals surface area (Å²) in [5.74, 6) is -0.189. The molecule has 2 N–H and O–H groups in total. The number of nitrogens with two attached hydrogens (primary N) is 1. The van der Waals surface area contributed by atoms with E-state index in [-0.39, 0.29) is 11.6 Å². The first-order chi connectivity index (χ1) is 11.5. The number of hydrogen-bond acceptors (Lipinski definition) is 3. The maximum absolute atomic E-state index is 13.2. The van der Waals surface area contributed by atoms with E-state index in [1.165, 1.54) is 12.1 Å². The van der Waals surface area contributed by atoms with Crippen molar-refractivity contribution in [1.82, 2.24) is 4.98 Å². The van der Waals surface area contributed by atoms with Crippen LogP contribution >= 0.6 is 11.6 Å². The second kappa shape index (κ2) is 6.31. The van der Waals surface area contributed by atoms with Crippen LogP contribution in [0.1, 0.15) is 11.1 Å². The van der Waals surface area contributed by atoms with E-state index in [0.717, 1.165) is 16.7 Å². The number of hydrogen-bond donors (Lipinski definition) is 1. The Morgan fingerprint density at radius 2 is 1.83 bits per heavy atom. The molecule has 0 unspecified atom stereocenters. The van der Waals surface area contributed by atoms with Gasteiger partial charge in [0.15, 0.2) is 0 Å². The number of aromatic nitrogens is 1. The Morgan fingerprint density at radius 3 is 2.46 bits per heavy atom. The summed E-state index contributed by atoms with van der Waals surface area (Å²) in [4.78, 5) is 4.35. The maximum Gasteiger partial charge on any atom is 0.142 e. The molecule has 0 saturated heterocycles. The van der Waals surface area contributed by atoms with Crippen LogP contribution < -0.4 is 5.73 Å². The lowest BCUT2D eigenvalue weighted by Crippen LogP contribution is -2.03. The summed E-state index contributed by atoms with van der Waals surface area (Å²) in [5.41, 5.74) is 9.91. The largest absolute Gasteiger partial charge is 0.383 e. The van der Waals surface area contributed by atoms with Crippen LogP contribution in [0.25, 0.3) is 22.4 Å². The number of rotatable bonds is 2. The first-order valence-corrected chi connectivity index (χ1v) is 7.61. The van der Waals surface area contributed by atoms with Gasteiger partial charge in [-0.1, -0.05) is 23.7 Å². The smallest absolute Gasteiger partial charge is 0.142 e. The lowest BCUT2D eigenvalue weighted by atomic mass is 9.93. The number of nitrogen functional groups attached to an aromatic ring is 1. The molecule has 118 valence electrons. The molecule has 1 aromatic heterocycles. The standard InChI is InChI=1S/C19H13ClFN3/c1-11-17(13-3-2-4-14(20)9-13)16(10-22)19(23)24-18(11)12-5-7-15(21)8-6-12/h2-9H,1H3,(H2,23,24). The van der Waals surface area contributed by atoms with Gasteiger partial charge in [0.2, 0.25) is 0 Å². The van der Waals surface area contributed by atoms with E-state index in [2.05, 4.69) is 11.1 Å². The molecule has 0 aliphatic heterocycles. The minimum Gasteiger partial charge on any atom is -0.383 e. The van der Waals surface area contributed by atoms with Gasteiger partial charge < -0.3 is 5.73 Å².